The summed E-state index contributed by atoms with van der Waals surface area (Å²) in [5.41, 5.74) is -0.800. The molecule has 0 saturated carbocycles. The molecular formula is C13H13N3O2. The number of nitriles is 1. The lowest BCUT2D eigenvalue weighted by Crippen LogP contribution is -2.30. The van der Waals surface area contributed by atoms with Gasteiger partial charge in [-0.2, -0.15) is 5.26 Å². The van der Waals surface area contributed by atoms with Crippen LogP contribution in [0.15, 0.2) is 41.0 Å². The number of aromatic nitrogens is 1. The topological polar surface area (TPSA) is 82.1 Å². The first kappa shape index (κ1) is 12.1. The van der Waals surface area contributed by atoms with E-state index in [0.29, 0.717) is 17.3 Å². The van der Waals surface area contributed by atoms with Crippen LogP contribution in [0.5, 0.6) is 0 Å². The molecule has 0 aromatic carbocycles. The third-order valence-corrected chi connectivity index (χ3v) is 2.53. The van der Waals surface area contributed by atoms with E-state index in [1.807, 2.05) is 6.07 Å². The van der Waals surface area contributed by atoms with E-state index in [1.54, 1.807) is 37.3 Å². The van der Waals surface area contributed by atoms with Gasteiger partial charge in [-0.05, 0) is 31.2 Å². The second-order valence-corrected chi connectivity index (χ2v) is 4.12. The van der Waals surface area contributed by atoms with Crippen molar-refractivity contribution in [2.75, 3.05) is 11.9 Å². The van der Waals surface area contributed by atoms with E-state index in [4.69, 9.17) is 9.68 Å². The lowest BCUT2D eigenvalue weighted by molar-refractivity contribution is 0.0476. The number of hydrogen-bond acceptors (Lipinski definition) is 5. The van der Waals surface area contributed by atoms with E-state index in [1.165, 1.54) is 6.26 Å². The van der Waals surface area contributed by atoms with Gasteiger partial charge >= 0.3 is 0 Å². The summed E-state index contributed by atoms with van der Waals surface area (Å²) >= 11 is 0. The number of nitrogens with one attached hydrogen (secondary N) is 1. The van der Waals surface area contributed by atoms with Crippen LogP contribution in [-0.4, -0.2) is 16.6 Å². The highest BCUT2D eigenvalue weighted by Gasteiger charge is 2.25. The minimum absolute atomic E-state index is 0.238. The lowest BCUT2D eigenvalue weighted by Gasteiger charge is -2.21. The summed E-state index contributed by atoms with van der Waals surface area (Å²) in [6.07, 6.45) is 1.51. The summed E-state index contributed by atoms with van der Waals surface area (Å²) in [6.45, 7) is 1.88. The van der Waals surface area contributed by atoms with Crippen molar-refractivity contribution in [1.82, 2.24) is 4.98 Å². The quantitative estimate of drug-likeness (QED) is 0.856. The van der Waals surface area contributed by atoms with Crippen LogP contribution in [0.4, 0.5) is 5.82 Å². The second-order valence-electron chi connectivity index (χ2n) is 4.12. The van der Waals surface area contributed by atoms with E-state index < -0.39 is 5.60 Å². The van der Waals surface area contributed by atoms with E-state index in [0.717, 1.165) is 0 Å². The van der Waals surface area contributed by atoms with Crippen LogP contribution in [0.3, 0.4) is 0 Å². The Kier molecular flexibility index (Phi) is 3.31. The van der Waals surface area contributed by atoms with Crippen molar-refractivity contribution in [2.45, 2.75) is 12.5 Å². The van der Waals surface area contributed by atoms with Gasteiger partial charge in [0, 0.05) is 0 Å². The number of nitrogens with zero attached hydrogens (tertiary/aromatic N) is 2. The molecule has 2 rings (SSSR count). The average molecular weight is 243 g/mol. The van der Waals surface area contributed by atoms with Crippen molar-refractivity contribution in [2.24, 2.45) is 0 Å². The van der Waals surface area contributed by atoms with Crippen LogP contribution >= 0.6 is 0 Å². The van der Waals surface area contributed by atoms with Crippen molar-refractivity contribution < 1.29 is 9.52 Å². The standard InChI is InChI=1S/C13H13N3O2/c1-13(17,11-5-3-7-18-11)9-15-12-6-2-4-10(8-14)16-12/h2-7,17H,9H2,1H3,(H,15,16). The molecule has 0 amide bonds. The molecule has 18 heavy (non-hydrogen) atoms. The van der Waals surface area contributed by atoms with Gasteiger partial charge in [0.1, 0.15) is 28.9 Å². The predicted molar refractivity (Wildman–Crippen MR) is 65.7 cm³/mol. The van der Waals surface area contributed by atoms with Crippen LogP contribution in [0, 0.1) is 11.3 Å². The van der Waals surface area contributed by atoms with E-state index in [9.17, 15) is 5.11 Å². The molecule has 2 aromatic heterocycles. The van der Waals surface area contributed by atoms with Crippen LogP contribution in [-0.2, 0) is 5.60 Å². The first-order valence-electron chi connectivity index (χ1n) is 5.49. The molecule has 0 radical (unpaired) electrons. The minimum Gasteiger partial charge on any atom is -0.466 e. The van der Waals surface area contributed by atoms with Gasteiger partial charge in [-0.1, -0.05) is 6.07 Å². The zero-order valence-electron chi connectivity index (χ0n) is 9.92. The normalized spacial score (nSPS) is 13.6. The Hall–Kier alpha value is -2.32. The Balaban J connectivity index is 2.05. The summed E-state index contributed by atoms with van der Waals surface area (Å²) < 4.78 is 5.17. The van der Waals surface area contributed by atoms with Gasteiger partial charge < -0.3 is 14.8 Å². The van der Waals surface area contributed by atoms with Gasteiger partial charge in [-0.25, -0.2) is 4.98 Å². The fourth-order valence-electron chi connectivity index (χ4n) is 1.53. The lowest BCUT2D eigenvalue weighted by atomic mass is 10.0. The molecule has 2 aromatic rings. The van der Waals surface area contributed by atoms with E-state index >= 15 is 0 Å². The number of hydrogen-bond donors (Lipinski definition) is 2. The Morgan fingerprint density at radius 2 is 2.28 bits per heavy atom. The average Bonchev–Trinajstić information content (AvgIpc) is 2.91. The Bertz CT molecular complexity index is 556. The maximum Gasteiger partial charge on any atom is 0.142 e. The number of furan rings is 1. The third kappa shape index (κ3) is 2.67. The Labute approximate surface area is 105 Å². The van der Waals surface area contributed by atoms with Gasteiger partial charge in [-0.3, -0.25) is 0 Å². The molecular weight excluding hydrogens is 230 g/mol. The van der Waals surface area contributed by atoms with Crippen molar-refractivity contribution in [3.8, 4) is 6.07 Å². The molecule has 0 saturated heterocycles. The molecule has 0 aliphatic rings. The van der Waals surface area contributed by atoms with Crippen LogP contribution in [0.25, 0.3) is 0 Å². The van der Waals surface area contributed by atoms with Crippen LogP contribution < -0.4 is 5.32 Å². The fraction of sp³-hybridized carbons (Fsp3) is 0.231. The van der Waals surface area contributed by atoms with Crippen molar-refractivity contribution in [3.63, 3.8) is 0 Å². The molecule has 0 fully saturated rings. The highest BCUT2D eigenvalue weighted by atomic mass is 16.4. The van der Waals surface area contributed by atoms with E-state index in [-0.39, 0.29) is 6.54 Å². The summed E-state index contributed by atoms with van der Waals surface area (Å²) in [5.74, 6) is 1.02. The number of anilines is 1. The smallest absolute Gasteiger partial charge is 0.142 e. The monoisotopic (exact) mass is 243 g/mol. The second kappa shape index (κ2) is 4.90. The minimum atomic E-state index is -1.13. The molecule has 0 spiro atoms. The van der Waals surface area contributed by atoms with Gasteiger partial charge in [0.2, 0.25) is 0 Å². The molecule has 2 heterocycles. The summed E-state index contributed by atoms with van der Waals surface area (Å²) in [5, 5.41) is 21.9. The first-order valence-corrected chi connectivity index (χ1v) is 5.49. The molecule has 2 N–H and O–H groups in total. The molecule has 5 heteroatoms. The van der Waals surface area contributed by atoms with Crippen LogP contribution in [0.2, 0.25) is 0 Å². The van der Waals surface area contributed by atoms with Gasteiger partial charge in [0.25, 0.3) is 0 Å². The Morgan fingerprint density at radius 3 is 2.94 bits per heavy atom. The molecule has 0 aliphatic carbocycles. The van der Waals surface area contributed by atoms with Crippen molar-refractivity contribution in [3.05, 3.63) is 48.0 Å². The highest BCUT2D eigenvalue weighted by molar-refractivity contribution is 5.38. The highest BCUT2D eigenvalue weighted by Crippen LogP contribution is 2.21. The maximum absolute atomic E-state index is 10.2. The molecule has 92 valence electrons. The van der Waals surface area contributed by atoms with Crippen molar-refractivity contribution >= 4 is 5.82 Å². The SMILES string of the molecule is CC(O)(CNc1cccc(C#N)n1)c1ccco1. The summed E-state index contributed by atoms with van der Waals surface area (Å²) in [7, 11) is 0. The van der Waals surface area contributed by atoms with Gasteiger partial charge in [0.05, 0.1) is 12.8 Å². The molecule has 0 bridgehead atoms. The largest absolute Gasteiger partial charge is 0.466 e. The maximum atomic E-state index is 10.2. The van der Waals surface area contributed by atoms with Gasteiger partial charge in [0.15, 0.2) is 0 Å². The van der Waals surface area contributed by atoms with Gasteiger partial charge in [-0.15, -0.1) is 0 Å². The molecule has 5 nitrogen and oxygen atoms in total. The third-order valence-electron chi connectivity index (χ3n) is 2.53. The number of pyridine rings is 1. The Morgan fingerprint density at radius 1 is 1.44 bits per heavy atom. The molecule has 1 atom stereocenters. The zero-order valence-corrected chi connectivity index (χ0v) is 9.92. The fourth-order valence-corrected chi connectivity index (χ4v) is 1.53. The predicted octanol–water partition coefficient (Wildman–Crippen LogP) is 1.87. The number of aliphatic hydroxyl groups is 1. The first-order chi connectivity index (χ1) is 8.62. The molecule has 1 unspecified atom stereocenters. The number of rotatable bonds is 4. The van der Waals surface area contributed by atoms with Crippen molar-refractivity contribution in [1.29, 1.82) is 5.26 Å². The summed E-state index contributed by atoms with van der Waals surface area (Å²) in [4.78, 5) is 4.06. The van der Waals surface area contributed by atoms with Crippen LogP contribution in [0.1, 0.15) is 18.4 Å². The van der Waals surface area contributed by atoms with E-state index in [2.05, 4.69) is 10.3 Å². The molecule has 0 aliphatic heterocycles. The zero-order chi connectivity index (χ0) is 13.0. The summed E-state index contributed by atoms with van der Waals surface area (Å²) in [6, 6.07) is 10.5.